The third-order valence-corrected chi connectivity index (χ3v) is 2.86. The van der Waals surface area contributed by atoms with E-state index in [1.807, 2.05) is 0 Å². The van der Waals surface area contributed by atoms with E-state index in [0.717, 1.165) is 0 Å². The van der Waals surface area contributed by atoms with Crippen LogP contribution in [0.15, 0.2) is 64.7 Å². The third kappa shape index (κ3) is 3.02. The maximum Gasteiger partial charge on any atom is 0.420 e. The van der Waals surface area contributed by atoms with Crippen molar-refractivity contribution in [2.24, 2.45) is 0 Å². The summed E-state index contributed by atoms with van der Waals surface area (Å²) in [5.74, 6) is -1.55. The van der Waals surface area contributed by atoms with Crippen molar-refractivity contribution in [3.63, 3.8) is 0 Å². The molecule has 0 bridgehead atoms. The number of aromatic nitrogens is 4. The molecule has 0 radical (unpaired) electrons. The van der Waals surface area contributed by atoms with Crippen LogP contribution in [-0.2, 0) is 0 Å². The molecule has 2 N–H and O–H groups in total. The van der Waals surface area contributed by atoms with E-state index in [2.05, 4.69) is 28.8 Å². The number of nitrogens with zero attached hydrogens (tertiary/aromatic N) is 2. The topological polar surface area (TPSA) is 152 Å². The van der Waals surface area contributed by atoms with Crippen molar-refractivity contribution in [1.29, 1.82) is 0 Å². The lowest BCUT2D eigenvalue weighted by Gasteiger charge is -1.90. The summed E-state index contributed by atoms with van der Waals surface area (Å²) in [5, 5.41) is 0.275. The minimum absolute atomic E-state index is 0.136. The minimum Gasteiger partial charge on any atom is -0.372 e. The summed E-state index contributed by atoms with van der Waals surface area (Å²) in [4.78, 5) is 55.4. The van der Waals surface area contributed by atoms with E-state index in [9.17, 15) is 19.2 Å². The molecular weight excluding hydrogens is 320 g/mol. The standard InChI is InChI=1S/2C7H4N2O3/c10-6-5-4(2-1-3-8-5)9-7(11)12-6;10-6-4-2-1-3-8-5(4)9-7(11)12-6/h1-3H,(H,9,11);1-3H,(H,8,9,11). The monoisotopic (exact) mass is 328 g/mol. The zero-order chi connectivity index (χ0) is 17.1. The van der Waals surface area contributed by atoms with Gasteiger partial charge in [0.25, 0.3) is 0 Å². The van der Waals surface area contributed by atoms with E-state index in [1.54, 1.807) is 18.2 Å². The van der Waals surface area contributed by atoms with Crippen LogP contribution in [0.2, 0.25) is 0 Å². The average molecular weight is 328 g/mol. The van der Waals surface area contributed by atoms with Crippen molar-refractivity contribution in [2.45, 2.75) is 0 Å². The van der Waals surface area contributed by atoms with Crippen LogP contribution in [0.3, 0.4) is 0 Å². The van der Waals surface area contributed by atoms with E-state index in [4.69, 9.17) is 0 Å². The first kappa shape index (κ1) is 15.1. The fraction of sp³-hybridized carbons (Fsp3) is 0. The zero-order valence-electron chi connectivity index (χ0n) is 11.8. The first-order valence-corrected chi connectivity index (χ1v) is 6.51. The van der Waals surface area contributed by atoms with Crippen LogP contribution in [0.5, 0.6) is 0 Å². The van der Waals surface area contributed by atoms with Gasteiger partial charge >= 0.3 is 22.8 Å². The van der Waals surface area contributed by atoms with Gasteiger partial charge in [0.1, 0.15) is 11.0 Å². The highest BCUT2D eigenvalue weighted by molar-refractivity contribution is 5.72. The number of rotatable bonds is 0. The number of nitrogens with one attached hydrogen (secondary N) is 2. The van der Waals surface area contributed by atoms with Gasteiger partial charge < -0.3 is 8.83 Å². The molecule has 0 spiro atoms. The van der Waals surface area contributed by atoms with E-state index in [-0.39, 0.29) is 16.6 Å². The van der Waals surface area contributed by atoms with Gasteiger partial charge in [0.05, 0.1) is 5.52 Å². The predicted molar refractivity (Wildman–Crippen MR) is 81.8 cm³/mol. The van der Waals surface area contributed by atoms with E-state index in [0.29, 0.717) is 5.52 Å². The van der Waals surface area contributed by atoms with E-state index < -0.39 is 22.8 Å². The first-order chi connectivity index (χ1) is 11.5. The van der Waals surface area contributed by atoms with Gasteiger partial charge in [-0.15, -0.1) is 0 Å². The summed E-state index contributed by atoms with van der Waals surface area (Å²) in [6, 6.07) is 6.33. The van der Waals surface area contributed by atoms with Crippen LogP contribution in [0, 0.1) is 0 Å². The van der Waals surface area contributed by atoms with Crippen molar-refractivity contribution in [3.05, 3.63) is 78.6 Å². The maximum absolute atomic E-state index is 11.0. The average Bonchev–Trinajstić information content (AvgIpc) is 2.55. The molecule has 0 aromatic carbocycles. The van der Waals surface area contributed by atoms with Crippen LogP contribution in [0.1, 0.15) is 0 Å². The Hall–Kier alpha value is -3.82. The lowest BCUT2D eigenvalue weighted by molar-refractivity contribution is 0.458. The Balaban J connectivity index is 0.000000141. The molecule has 0 aliphatic rings. The fourth-order valence-corrected chi connectivity index (χ4v) is 1.87. The molecule has 10 nitrogen and oxygen atoms in total. The van der Waals surface area contributed by atoms with Crippen LogP contribution < -0.4 is 22.8 Å². The number of aromatic amines is 2. The second-order valence-corrected chi connectivity index (χ2v) is 4.40. The molecular formula is C14H8N4O6. The lowest BCUT2D eigenvalue weighted by atomic mass is 10.3. The Morgan fingerprint density at radius 3 is 2.29 bits per heavy atom. The van der Waals surface area contributed by atoms with Crippen molar-refractivity contribution in [2.75, 3.05) is 0 Å². The molecule has 0 atom stereocenters. The van der Waals surface area contributed by atoms with Gasteiger partial charge in [-0.25, -0.2) is 29.1 Å². The Morgan fingerprint density at radius 2 is 1.46 bits per heavy atom. The Kier molecular flexibility index (Phi) is 3.85. The first-order valence-electron chi connectivity index (χ1n) is 6.51. The Bertz CT molecular complexity index is 1150. The number of hydrogen-bond donors (Lipinski definition) is 2. The highest BCUT2D eigenvalue weighted by Crippen LogP contribution is 1.98. The maximum atomic E-state index is 11.0. The molecule has 0 amide bonds. The van der Waals surface area contributed by atoms with Crippen LogP contribution >= 0.6 is 0 Å². The lowest BCUT2D eigenvalue weighted by Crippen LogP contribution is -2.15. The quantitative estimate of drug-likeness (QED) is 0.448. The van der Waals surface area contributed by atoms with Gasteiger partial charge in [0.15, 0.2) is 5.52 Å². The third-order valence-electron chi connectivity index (χ3n) is 2.86. The molecule has 0 unspecified atom stereocenters. The SMILES string of the molecule is O=c1[nH]c2cccnc2c(=O)o1.O=c1[nH]c2ncccc2c(=O)o1. The summed E-state index contributed by atoms with van der Waals surface area (Å²) in [6.07, 6.45) is 2.94. The summed E-state index contributed by atoms with van der Waals surface area (Å²) in [7, 11) is 0. The predicted octanol–water partition coefficient (Wildman–Crippen LogP) is -0.247. The summed E-state index contributed by atoms with van der Waals surface area (Å²) in [5.41, 5.74) is -0.606. The minimum atomic E-state index is -0.786. The molecule has 4 heterocycles. The van der Waals surface area contributed by atoms with Crippen molar-refractivity contribution in [3.8, 4) is 0 Å². The number of fused-ring (bicyclic) bond motifs is 2. The largest absolute Gasteiger partial charge is 0.420 e. The Labute approximate surface area is 130 Å². The van der Waals surface area contributed by atoms with Gasteiger partial charge in [0.2, 0.25) is 0 Å². The summed E-state index contributed by atoms with van der Waals surface area (Å²) < 4.78 is 8.54. The van der Waals surface area contributed by atoms with Gasteiger partial charge in [-0.05, 0) is 24.3 Å². The van der Waals surface area contributed by atoms with Crippen LogP contribution in [-0.4, -0.2) is 19.9 Å². The second kappa shape index (κ2) is 6.12. The van der Waals surface area contributed by atoms with Crippen LogP contribution in [0.25, 0.3) is 22.1 Å². The highest BCUT2D eigenvalue weighted by Gasteiger charge is 2.01. The Morgan fingerprint density at radius 1 is 0.792 bits per heavy atom. The van der Waals surface area contributed by atoms with Crippen molar-refractivity contribution < 1.29 is 8.83 Å². The summed E-state index contributed by atoms with van der Waals surface area (Å²) >= 11 is 0. The number of H-pyrrole nitrogens is 2. The van der Waals surface area contributed by atoms with Gasteiger partial charge in [-0.2, -0.15) is 0 Å². The van der Waals surface area contributed by atoms with Gasteiger partial charge in [-0.1, -0.05) is 0 Å². The molecule has 120 valence electrons. The molecule has 0 saturated heterocycles. The molecule has 10 heteroatoms. The van der Waals surface area contributed by atoms with E-state index in [1.165, 1.54) is 18.5 Å². The van der Waals surface area contributed by atoms with Crippen molar-refractivity contribution >= 4 is 22.1 Å². The highest BCUT2D eigenvalue weighted by atomic mass is 16.4. The second-order valence-electron chi connectivity index (χ2n) is 4.40. The molecule has 0 aliphatic carbocycles. The van der Waals surface area contributed by atoms with Gasteiger partial charge in [-0.3, -0.25) is 9.97 Å². The molecule has 0 aliphatic heterocycles. The molecule has 4 aromatic rings. The van der Waals surface area contributed by atoms with Gasteiger partial charge in [0, 0.05) is 12.4 Å². The van der Waals surface area contributed by atoms with Crippen LogP contribution in [0.4, 0.5) is 0 Å². The molecule has 0 fully saturated rings. The number of pyridine rings is 2. The molecule has 4 rings (SSSR count). The number of hydrogen-bond acceptors (Lipinski definition) is 8. The van der Waals surface area contributed by atoms with E-state index >= 15 is 0 Å². The molecule has 0 saturated carbocycles. The zero-order valence-corrected chi connectivity index (χ0v) is 11.8. The summed E-state index contributed by atoms with van der Waals surface area (Å²) in [6.45, 7) is 0. The molecule has 24 heavy (non-hydrogen) atoms. The normalized spacial score (nSPS) is 10.3. The molecule has 4 aromatic heterocycles. The smallest absolute Gasteiger partial charge is 0.372 e. The van der Waals surface area contributed by atoms with Crippen molar-refractivity contribution in [1.82, 2.24) is 19.9 Å². The fourth-order valence-electron chi connectivity index (χ4n) is 1.87.